The zero-order valence-electron chi connectivity index (χ0n) is 10.3. The maximum atomic E-state index is 5.89. The zero-order chi connectivity index (χ0) is 11.5. The maximum Gasteiger partial charge on any atom is 0.134 e. The van der Waals surface area contributed by atoms with Gasteiger partial charge in [0.1, 0.15) is 11.9 Å². The number of furan rings is 1. The fourth-order valence-corrected chi connectivity index (χ4v) is 2.36. The lowest BCUT2D eigenvalue weighted by molar-refractivity contribution is -0.0390. The Kier molecular flexibility index (Phi) is 3.66. The molecule has 0 aromatic carbocycles. The van der Waals surface area contributed by atoms with Crippen LogP contribution in [0.2, 0.25) is 0 Å². The molecule has 0 spiro atoms. The van der Waals surface area contributed by atoms with Gasteiger partial charge in [0.05, 0.1) is 12.9 Å². The third kappa shape index (κ3) is 2.66. The van der Waals surface area contributed by atoms with E-state index < -0.39 is 0 Å². The summed E-state index contributed by atoms with van der Waals surface area (Å²) in [6, 6.07) is 4.67. The SMILES string of the molecule is CC(C)CC1COC(c2ccco2)C(C)N1. The molecule has 1 fully saturated rings. The second-order valence-electron chi connectivity index (χ2n) is 5.05. The summed E-state index contributed by atoms with van der Waals surface area (Å²) in [6.45, 7) is 7.41. The molecule has 3 unspecified atom stereocenters. The van der Waals surface area contributed by atoms with E-state index >= 15 is 0 Å². The van der Waals surface area contributed by atoms with Gasteiger partial charge in [-0.1, -0.05) is 13.8 Å². The summed E-state index contributed by atoms with van der Waals surface area (Å²) in [4.78, 5) is 0. The van der Waals surface area contributed by atoms with Crippen LogP contribution in [0.5, 0.6) is 0 Å². The van der Waals surface area contributed by atoms with Crippen LogP contribution in [0.25, 0.3) is 0 Å². The Morgan fingerprint density at radius 2 is 2.31 bits per heavy atom. The molecule has 1 saturated heterocycles. The molecular weight excluding hydrogens is 202 g/mol. The topological polar surface area (TPSA) is 34.4 Å². The van der Waals surface area contributed by atoms with Crippen molar-refractivity contribution in [2.45, 2.75) is 45.4 Å². The van der Waals surface area contributed by atoms with Crippen LogP contribution in [-0.2, 0) is 4.74 Å². The van der Waals surface area contributed by atoms with Crippen molar-refractivity contribution >= 4 is 0 Å². The van der Waals surface area contributed by atoms with Crippen molar-refractivity contribution in [2.24, 2.45) is 5.92 Å². The maximum absolute atomic E-state index is 5.89. The number of hydrogen-bond acceptors (Lipinski definition) is 3. The van der Waals surface area contributed by atoms with E-state index in [2.05, 4.69) is 26.1 Å². The second-order valence-corrected chi connectivity index (χ2v) is 5.05. The standard InChI is InChI=1S/C13H21NO2/c1-9(2)7-11-8-16-13(10(3)14-11)12-5-4-6-15-12/h4-6,9-11,13-14H,7-8H2,1-3H3. The van der Waals surface area contributed by atoms with Crippen LogP contribution in [-0.4, -0.2) is 18.7 Å². The van der Waals surface area contributed by atoms with Gasteiger partial charge in [0, 0.05) is 12.1 Å². The quantitative estimate of drug-likeness (QED) is 0.855. The molecule has 16 heavy (non-hydrogen) atoms. The summed E-state index contributed by atoms with van der Waals surface area (Å²) in [6.07, 6.45) is 2.92. The molecule has 1 aliphatic heterocycles. The zero-order valence-corrected chi connectivity index (χ0v) is 10.3. The lowest BCUT2D eigenvalue weighted by atomic mass is 10.00. The average molecular weight is 223 g/mol. The molecule has 1 aromatic rings. The molecule has 0 radical (unpaired) electrons. The van der Waals surface area contributed by atoms with Crippen molar-refractivity contribution < 1.29 is 9.15 Å². The Morgan fingerprint density at radius 1 is 1.50 bits per heavy atom. The van der Waals surface area contributed by atoms with Gasteiger partial charge in [-0.25, -0.2) is 0 Å². The molecule has 0 saturated carbocycles. The molecular formula is C13H21NO2. The summed E-state index contributed by atoms with van der Waals surface area (Å²) in [7, 11) is 0. The van der Waals surface area contributed by atoms with Gasteiger partial charge in [-0.15, -0.1) is 0 Å². The van der Waals surface area contributed by atoms with Gasteiger partial charge >= 0.3 is 0 Å². The number of ether oxygens (including phenoxy) is 1. The molecule has 3 nitrogen and oxygen atoms in total. The van der Waals surface area contributed by atoms with Crippen molar-refractivity contribution in [3.63, 3.8) is 0 Å². The average Bonchev–Trinajstić information content (AvgIpc) is 2.69. The van der Waals surface area contributed by atoms with Crippen molar-refractivity contribution in [3.8, 4) is 0 Å². The van der Waals surface area contributed by atoms with Gasteiger partial charge in [-0.3, -0.25) is 0 Å². The molecule has 1 N–H and O–H groups in total. The molecule has 1 aliphatic rings. The van der Waals surface area contributed by atoms with E-state index in [4.69, 9.17) is 9.15 Å². The Balaban J connectivity index is 1.93. The Bertz CT molecular complexity index is 308. The first-order valence-corrected chi connectivity index (χ1v) is 6.08. The van der Waals surface area contributed by atoms with Crippen molar-refractivity contribution in [1.29, 1.82) is 0 Å². The summed E-state index contributed by atoms with van der Waals surface area (Å²) in [5.74, 6) is 1.62. The van der Waals surface area contributed by atoms with Crippen LogP contribution in [0.15, 0.2) is 22.8 Å². The lowest BCUT2D eigenvalue weighted by Gasteiger charge is -2.35. The minimum Gasteiger partial charge on any atom is -0.467 e. The van der Waals surface area contributed by atoms with E-state index in [-0.39, 0.29) is 6.10 Å². The van der Waals surface area contributed by atoms with E-state index in [1.165, 1.54) is 0 Å². The highest BCUT2D eigenvalue weighted by molar-refractivity contribution is 5.06. The van der Waals surface area contributed by atoms with E-state index in [9.17, 15) is 0 Å². The lowest BCUT2D eigenvalue weighted by Crippen LogP contribution is -2.49. The van der Waals surface area contributed by atoms with Crippen molar-refractivity contribution in [1.82, 2.24) is 5.32 Å². The second kappa shape index (κ2) is 5.02. The van der Waals surface area contributed by atoms with Crippen LogP contribution in [0.4, 0.5) is 0 Å². The summed E-state index contributed by atoms with van der Waals surface area (Å²) in [5.41, 5.74) is 0. The Labute approximate surface area is 97.2 Å². The largest absolute Gasteiger partial charge is 0.467 e. The summed E-state index contributed by atoms with van der Waals surface area (Å²) < 4.78 is 11.3. The number of morpholine rings is 1. The monoisotopic (exact) mass is 223 g/mol. The predicted molar refractivity (Wildman–Crippen MR) is 63.2 cm³/mol. The number of rotatable bonds is 3. The van der Waals surface area contributed by atoms with Crippen LogP contribution in [0.1, 0.15) is 39.1 Å². The van der Waals surface area contributed by atoms with Crippen LogP contribution in [0, 0.1) is 5.92 Å². The summed E-state index contributed by atoms with van der Waals surface area (Å²) >= 11 is 0. The normalized spacial score (nSPS) is 30.9. The number of hydrogen-bond donors (Lipinski definition) is 1. The molecule has 0 aliphatic carbocycles. The van der Waals surface area contributed by atoms with Gasteiger partial charge in [0.2, 0.25) is 0 Å². The van der Waals surface area contributed by atoms with Gasteiger partial charge in [-0.05, 0) is 31.4 Å². The van der Waals surface area contributed by atoms with Gasteiger partial charge in [0.15, 0.2) is 0 Å². The highest BCUT2D eigenvalue weighted by Crippen LogP contribution is 2.26. The Morgan fingerprint density at radius 3 is 2.88 bits per heavy atom. The van der Waals surface area contributed by atoms with Gasteiger partial charge < -0.3 is 14.5 Å². The smallest absolute Gasteiger partial charge is 0.134 e. The van der Waals surface area contributed by atoms with E-state index in [1.807, 2.05) is 12.1 Å². The first-order chi connectivity index (χ1) is 7.66. The molecule has 0 amide bonds. The molecule has 0 bridgehead atoms. The van der Waals surface area contributed by atoms with Gasteiger partial charge in [0.25, 0.3) is 0 Å². The summed E-state index contributed by atoms with van der Waals surface area (Å²) in [5, 5.41) is 3.60. The fraction of sp³-hybridized carbons (Fsp3) is 0.692. The van der Waals surface area contributed by atoms with E-state index in [0.717, 1.165) is 18.8 Å². The van der Waals surface area contributed by atoms with Gasteiger partial charge in [-0.2, -0.15) is 0 Å². The van der Waals surface area contributed by atoms with Crippen LogP contribution >= 0.6 is 0 Å². The first kappa shape index (κ1) is 11.7. The fourth-order valence-electron chi connectivity index (χ4n) is 2.36. The number of nitrogens with one attached hydrogen (secondary N) is 1. The highest BCUT2D eigenvalue weighted by atomic mass is 16.5. The van der Waals surface area contributed by atoms with Crippen molar-refractivity contribution in [2.75, 3.05) is 6.61 Å². The molecule has 1 aromatic heterocycles. The predicted octanol–water partition coefficient (Wildman–Crippen LogP) is 2.74. The minimum atomic E-state index is 0.0541. The van der Waals surface area contributed by atoms with Crippen LogP contribution in [0.3, 0.4) is 0 Å². The third-order valence-electron chi connectivity index (χ3n) is 3.01. The Hall–Kier alpha value is -0.800. The highest BCUT2D eigenvalue weighted by Gasteiger charge is 2.30. The molecule has 2 heterocycles. The molecule has 3 heteroatoms. The minimum absolute atomic E-state index is 0.0541. The molecule has 90 valence electrons. The third-order valence-corrected chi connectivity index (χ3v) is 3.01. The molecule has 2 rings (SSSR count). The van der Waals surface area contributed by atoms with Crippen LogP contribution < -0.4 is 5.32 Å². The van der Waals surface area contributed by atoms with E-state index in [0.29, 0.717) is 18.0 Å². The molecule has 3 atom stereocenters. The van der Waals surface area contributed by atoms with E-state index in [1.54, 1.807) is 6.26 Å². The van der Waals surface area contributed by atoms with Crippen molar-refractivity contribution in [3.05, 3.63) is 24.2 Å². The first-order valence-electron chi connectivity index (χ1n) is 6.08.